The highest BCUT2D eigenvalue weighted by atomic mass is 16.5. The minimum absolute atomic E-state index is 0.412. The van der Waals surface area contributed by atoms with Crippen LogP contribution in [0.25, 0.3) is 0 Å². The van der Waals surface area contributed by atoms with Gasteiger partial charge in [0.15, 0.2) is 0 Å². The third-order valence-corrected chi connectivity index (χ3v) is 5.29. The molecule has 0 radical (unpaired) electrons. The molecular formula is C18H25N5O. The van der Waals surface area contributed by atoms with E-state index in [9.17, 15) is 0 Å². The fourth-order valence-corrected chi connectivity index (χ4v) is 3.51. The van der Waals surface area contributed by atoms with Gasteiger partial charge in [0, 0.05) is 49.5 Å². The Labute approximate surface area is 142 Å². The first kappa shape index (κ1) is 15.6. The maximum atomic E-state index is 5.52. The van der Waals surface area contributed by atoms with Crippen LogP contribution in [0.4, 0.5) is 5.82 Å². The molecule has 0 bridgehead atoms. The van der Waals surface area contributed by atoms with E-state index in [1.54, 1.807) is 6.33 Å². The Kier molecular flexibility index (Phi) is 4.00. The van der Waals surface area contributed by atoms with Crippen LogP contribution in [0, 0.1) is 13.8 Å². The quantitative estimate of drug-likeness (QED) is 0.844. The van der Waals surface area contributed by atoms with Crippen molar-refractivity contribution in [3.63, 3.8) is 0 Å². The zero-order valence-electron chi connectivity index (χ0n) is 14.7. The van der Waals surface area contributed by atoms with Crippen LogP contribution in [0.1, 0.15) is 47.8 Å². The summed E-state index contributed by atoms with van der Waals surface area (Å²) in [6, 6.07) is 2.75. The number of anilines is 1. The zero-order chi connectivity index (χ0) is 16.7. The van der Waals surface area contributed by atoms with Crippen LogP contribution in [-0.2, 0) is 18.3 Å². The molecule has 4 rings (SSSR count). The summed E-state index contributed by atoms with van der Waals surface area (Å²) in [6.45, 7) is 6.72. The molecule has 2 aromatic rings. The number of ether oxygens (including phenoxy) is 1. The second-order valence-corrected chi connectivity index (χ2v) is 6.99. The van der Waals surface area contributed by atoms with Crippen molar-refractivity contribution in [1.29, 1.82) is 0 Å². The molecule has 0 amide bonds. The van der Waals surface area contributed by atoms with Crippen LogP contribution in [0.3, 0.4) is 0 Å². The molecule has 0 aromatic carbocycles. The minimum Gasteiger partial charge on any atom is -0.381 e. The van der Waals surface area contributed by atoms with Crippen molar-refractivity contribution < 1.29 is 4.74 Å². The molecule has 2 fully saturated rings. The predicted octanol–water partition coefficient (Wildman–Crippen LogP) is 2.50. The van der Waals surface area contributed by atoms with E-state index in [2.05, 4.69) is 39.9 Å². The molecule has 1 aliphatic carbocycles. The van der Waals surface area contributed by atoms with Crippen molar-refractivity contribution in [1.82, 2.24) is 19.7 Å². The van der Waals surface area contributed by atoms with Crippen molar-refractivity contribution in [2.75, 3.05) is 18.1 Å². The number of aryl methyl sites for hydroxylation is 2. The summed E-state index contributed by atoms with van der Waals surface area (Å²) >= 11 is 0. The first-order chi connectivity index (χ1) is 11.6. The van der Waals surface area contributed by atoms with Crippen molar-refractivity contribution in [2.24, 2.45) is 7.05 Å². The van der Waals surface area contributed by atoms with Gasteiger partial charge in [0.05, 0.1) is 18.0 Å². The summed E-state index contributed by atoms with van der Waals surface area (Å²) in [5.74, 6) is 1.45. The third kappa shape index (κ3) is 2.90. The van der Waals surface area contributed by atoms with Crippen LogP contribution in [0.5, 0.6) is 0 Å². The summed E-state index contributed by atoms with van der Waals surface area (Å²) in [4.78, 5) is 11.5. The van der Waals surface area contributed by atoms with Gasteiger partial charge in [0.25, 0.3) is 0 Å². The third-order valence-electron chi connectivity index (χ3n) is 5.29. The number of aromatic nitrogens is 4. The van der Waals surface area contributed by atoms with Gasteiger partial charge < -0.3 is 9.64 Å². The Hall–Kier alpha value is -1.95. The Morgan fingerprint density at radius 1 is 1.25 bits per heavy atom. The molecule has 1 aliphatic heterocycles. The molecular weight excluding hydrogens is 302 g/mol. The predicted molar refractivity (Wildman–Crippen MR) is 92.1 cm³/mol. The summed E-state index contributed by atoms with van der Waals surface area (Å²) < 4.78 is 7.49. The molecule has 1 atom stereocenters. The molecule has 0 spiro atoms. The van der Waals surface area contributed by atoms with E-state index in [0.29, 0.717) is 12.0 Å². The van der Waals surface area contributed by atoms with Crippen LogP contribution in [0.15, 0.2) is 12.4 Å². The van der Waals surface area contributed by atoms with Crippen molar-refractivity contribution in [3.05, 3.63) is 35.0 Å². The zero-order valence-corrected chi connectivity index (χ0v) is 14.7. The van der Waals surface area contributed by atoms with Crippen LogP contribution < -0.4 is 4.90 Å². The molecule has 2 aromatic heterocycles. The maximum absolute atomic E-state index is 5.52. The molecule has 1 saturated heterocycles. The van der Waals surface area contributed by atoms with Crippen LogP contribution in [0.2, 0.25) is 0 Å². The lowest BCUT2D eigenvalue weighted by Gasteiger charge is -2.24. The van der Waals surface area contributed by atoms with Crippen LogP contribution >= 0.6 is 0 Å². The molecule has 6 nitrogen and oxygen atoms in total. The molecule has 128 valence electrons. The molecule has 0 unspecified atom stereocenters. The average molecular weight is 327 g/mol. The highest BCUT2D eigenvalue weighted by Gasteiger charge is 2.32. The van der Waals surface area contributed by atoms with Crippen molar-refractivity contribution in [2.45, 2.75) is 51.6 Å². The monoisotopic (exact) mass is 327 g/mol. The fourth-order valence-electron chi connectivity index (χ4n) is 3.51. The van der Waals surface area contributed by atoms with Gasteiger partial charge in [-0.3, -0.25) is 4.68 Å². The Balaban J connectivity index is 1.62. The highest BCUT2D eigenvalue weighted by molar-refractivity contribution is 5.45. The minimum atomic E-state index is 0.412. The van der Waals surface area contributed by atoms with E-state index in [1.165, 1.54) is 24.1 Å². The van der Waals surface area contributed by atoms with Gasteiger partial charge in [-0.25, -0.2) is 9.97 Å². The summed E-state index contributed by atoms with van der Waals surface area (Å²) in [7, 11) is 2.01. The maximum Gasteiger partial charge on any atom is 0.132 e. The van der Waals surface area contributed by atoms with Gasteiger partial charge in [-0.05, 0) is 33.1 Å². The summed E-state index contributed by atoms with van der Waals surface area (Å²) in [6.07, 6.45) is 5.25. The second-order valence-electron chi connectivity index (χ2n) is 6.99. The average Bonchev–Trinajstić information content (AvgIpc) is 3.20. The summed E-state index contributed by atoms with van der Waals surface area (Å²) in [5, 5.41) is 4.56. The van der Waals surface area contributed by atoms with E-state index < -0.39 is 0 Å². The summed E-state index contributed by atoms with van der Waals surface area (Å²) in [5.41, 5.74) is 4.77. The molecule has 6 heteroatoms. The van der Waals surface area contributed by atoms with Gasteiger partial charge in [0.2, 0.25) is 0 Å². The lowest BCUT2D eigenvalue weighted by atomic mass is 10.0. The van der Waals surface area contributed by atoms with Crippen molar-refractivity contribution in [3.8, 4) is 0 Å². The Bertz CT molecular complexity index is 731. The lowest BCUT2D eigenvalue weighted by molar-refractivity contribution is 0.193. The number of nitrogens with zero attached hydrogens (tertiary/aromatic N) is 5. The molecule has 0 N–H and O–H groups in total. The lowest BCUT2D eigenvalue weighted by Crippen LogP contribution is -2.27. The van der Waals surface area contributed by atoms with E-state index in [1.807, 2.05) is 11.7 Å². The number of hydrogen-bond acceptors (Lipinski definition) is 5. The fraction of sp³-hybridized carbons (Fsp3) is 0.611. The first-order valence-electron chi connectivity index (χ1n) is 8.79. The van der Waals surface area contributed by atoms with E-state index in [0.717, 1.165) is 43.4 Å². The second kappa shape index (κ2) is 6.16. The van der Waals surface area contributed by atoms with Crippen molar-refractivity contribution >= 4 is 5.82 Å². The largest absolute Gasteiger partial charge is 0.381 e. The Morgan fingerprint density at radius 3 is 2.71 bits per heavy atom. The van der Waals surface area contributed by atoms with E-state index in [-0.39, 0.29) is 0 Å². The van der Waals surface area contributed by atoms with Gasteiger partial charge in [-0.2, -0.15) is 5.10 Å². The van der Waals surface area contributed by atoms with Gasteiger partial charge in [-0.15, -0.1) is 0 Å². The molecule has 3 heterocycles. The molecule has 2 aliphatic rings. The topological polar surface area (TPSA) is 56.1 Å². The highest BCUT2D eigenvalue weighted by Crippen LogP contribution is 2.34. The van der Waals surface area contributed by atoms with E-state index >= 15 is 0 Å². The standard InChI is InChI=1S/C18H25N5O/c1-12-16(13(2)22(3)21-12)9-23(15-4-5-15)18-8-17(19-11-20-18)14-6-7-24-10-14/h8,11,14-15H,4-7,9-10H2,1-3H3/t14-/m0/s1. The van der Waals surface area contributed by atoms with Gasteiger partial charge >= 0.3 is 0 Å². The molecule has 1 saturated carbocycles. The number of hydrogen-bond donors (Lipinski definition) is 0. The number of rotatable bonds is 5. The van der Waals surface area contributed by atoms with Gasteiger partial charge in [0.1, 0.15) is 12.1 Å². The van der Waals surface area contributed by atoms with Gasteiger partial charge in [-0.1, -0.05) is 0 Å². The van der Waals surface area contributed by atoms with E-state index in [4.69, 9.17) is 4.74 Å². The smallest absolute Gasteiger partial charge is 0.132 e. The van der Waals surface area contributed by atoms with Crippen LogP contribution in [-0.4, -0.2) is 39.0 Å². The molecule has 24 heavy (non-hydrogen) atoms. The normalized spacial score (nSPS) is 20.5. The Morgan fingerprint density at radius 2 is 2.08 bits per heavy atom. The first-order valence-corrected chi connectivity index (χ1v) is 8.79. The SMILES string of the molecule is Cc1nn(C)c(C)c1CN(c1cc([C@H]2CCOC2)ncn1)C1CC1.